The maximum atomic E-state index is 12.4. The van der Waals surface area contributed by atoms with Crippen LogP contribution in [0.3, 0.4) is 0 Å². The van der Waals surface area contributed by atoms with Gasteiger partial charge in [0.1, 0.15) is 6.04 Å². The molecule has 0 radical (unpaired) electrons. The van der Waals surface area contributed by atoms with Gasteiger partial charge < -0.3 is 10.1 Å². The molecule has 0 aromatic heterocycles. The van der Waals surface area contributed by atoms with Crippen LogP contribution in [0.5, 0.6) is 0 Å². The third kappa shape index (κ3) is 4.34. The van der Waals surface area contributed by atoms with Gasteiger partial charge >= 0.3 is 0 Å². The standard InChI is InChI=1S/C17H23N5O3/c1-13-17(24)22(14-5-3-2-4-6-14)20-15(19-13)16(23)18-7-8-21-9-11-25-12-10-21/h2-6,13H,7-12H2,1H3,(H,18,23)(H,19,20)/t13-/m0/s1. The molecular weight excluding hydrogens is 322 g/mol. The van der Waals surface area contributed by atoms with Gasteiger partial charge in [-0.1, -0.05) is 18.2 Å². The zero-order valence-corrected chi connectivity index (χ0v) is 14.3. The van der Waals surface area contributed by atoms with Crippen molar-refractivity contribution in [2.45, 2.75) is 13.0 Å². The average Bonchev–Trinajstić information content (AvgIpc) is 2.65. The fraction of sp³-hybridized carbons (Fsp3) is 0.471. The predicted octanol–water partition coefficient (Wildman–Crippen LogP) is -0.227. The molecule has 1 saturated heterocycles. The Morgan fingerprint density at radius 2 is 2.04 bits per heavy atom. The number of morpholine rings is 1. The molecular formula is C17H23N5O3. The highest BCUT2D eigenvalue weighted by atomic mass is 16.5. The molecule has 1 aromatic rings. The minimum absolute atomic E-state index is 0.151. The van der Waals surface area contributed by atoms with Crippen LogP contribution < -0.4 is 15.8 Å². The Hall–Kier alpha value is -2.45. The molecule has 2 aliphatic rings. The van der Waals surface area contributed by atoms with E-state index in [4.69, 9.17) is 4.74 Å². The molecule has 2 amide bonds. The highest BCUT2D eigenvalue weighted by molar-refractivity contribution is 6.39. The molecule has 25 heavy (non-hydrogen) atoms. The number of benzene rings is 1. The van der Waals surface area contributed by atoms with Crippen molar-refractivity contribution in [1.29, 1.82) is 0 Å². The van der Waals surface area contributed by atoms with Crippen LogP contribution in [0, 0.1) is 0 Å². The smallest absolute Gasteiger partial charge is 0.288 e. The predicted molar refractivity (Wildman–Crippen MR) is 94.2 cm³/mol. The van der Waals surface area contributed by atoms with Gasteiger partial charge in [0.2, 0.25) is 5.84 Å². The number of para-hydroxylation sites is 1. The van der Waals surface area contributed by atoms with Crippen molar-refractivity contribution in [3.63, 3.8) is 0 Å². The number of nitrogens with zero attached hydrogens (tertiary/aromatic N) is 3. The molecule has 134 valence electrons. The summed E-state index contributed by atoms with van der Waals surface area (Å²) in [5.41, 5.74) is 3.50. The number of carbonyl (C=O) groups excluding carboxylic acids is 2. The van der Waals surface area contributed by atoms with Crippen molar-refractivity contribution in [3.05, 3.63) is 30.3 Å². The summed E-state index contributed by atoms with van der Waals surface area (Å²) in [5, 5.41) is 4.22. The van der Waals surface area contributed by atoms with Gasteiger partial charge in [-0.05, 0) is 19.1 Å². The number of hydrazine groups is 1. The Morgan fingerprint density at radius 1 is 1.32 bits per heavy atom. The van der Waals surface area contributed by atoms with Crippen LogP contribution in [0.15, 0.2) is 35.3 Å². The Morgan fingerprint density at radius 3 is 2.76 bits per heavy atom. The molecule has 1 atom stereocenters. The third-order valence-electron chi connectivity index (χ3n) is 4.16. The first-order chi connectivity index (χ1) is 12.1. The lowest BCUT2D eigenvalue weighted by Crippen LogP contribution is -2.58. The summed E-state index contributed by atoms with van der Waals surface area (Å²) in [6.07, 6.45) is 0. The van der Waals surface area contributed by atoms with E-state index in [9.17, 15) is 9.59 Å². The van der Waals surface area contributed by atoms with Gasteiger partial charge in [-0.25, -0.2) is 10.0 Å². The summed E-state index contributed by atoms with van der Waals surface area (Å²) in [6, 6.07) is 8.54. The summed E-state index contributed by atoms with van der Waals surface area (Å²) in [4.78, 5) is 31.1. The molecule has 8 heteroatoms. The molecule has 2 N–H and O–H groups in total. The number of amidine groups is 1. The summed E-state index contributed by atoms with van der Waals surface area (Å²) >= 11 is 0. The van der Waals surface area contributed by atoms with Gasteiger partial charge in [-0.3, -0.25) is 19.9 Å². The van der Waals surface area contributed by atoms with E-state index < -0.39 is 6.04 Å². The SMILES string of the molecule is C[C@@H]1N=C(C(=O)NCCN2CCOCC2)NN(c2ccccc2)C1=O. The topological polar surface area (TPSA) is 86.3 Å². The molecule has 0 bridgehead atoms. The Balaban J connectivity index is 1.58. The monoisotopic (exact) mass is 345 g/mol. The molecule has 0 aliphatic carbocycles. The van der Waals surface area contributed by atoms with Gasteiger partial charge in [-0.2, -0.15) is 0 Å². The molecule has 0 spiro atoms. The van der Waals surface area contributed by atoms with Crippen LogP contribution in [0.4, 0.5) is 5.69 Å². The first-order valence-electron chi connectivity index (χ1n) is 8.47. The lowest BCUT2D eigenvalue weighted by Gasteiger charge is -2.30. The fourth-order valence-electron chi connectivity index (χ4n) is 2.74. The summed E-state index contributed by atoms with van der Waals surface area (Å²) < 4.78 is 5.30. The Kier molecular flexibility index (Phi) is 5.62. The zero-order valence-electron chi connectivity index (χ0n) is 14.3. The number of carbonyl (C=O) groups is 2. The third-order valence-corrected chi connectivity index (χ3v) is 4.16. The van der Waals surface area contributed by atoms with Crippen LogP contribution in [-0.2, 0) is 14.3 Å². The first kappa shape index (κ1) is 17.4. The van der Waals surface area contributed by atoms with Gasteiger partial charge in [0.15, 0.2) is 0 Å². The number of amides is 2. The van der Waals surface area contributed by atoms with E-state index >= 15 is 0 Å². The Bertz CT molecular complexity index is 643. The number of nitrogens with one attached hydrogen (secondary N) is 2. The number of hydrogen-bond acceptors (Lipinski definition) is 6. The Labute approximate surface area is 146 Å². The molecule has 3 rings (SSSR count). The minimum atomic E-state index is -0.610. The van der Waals surface area contributed by atoms with E-state index in [1.807, 2.05) is 18.2 Å². The van der Waals surface area contributed by atoms with Gasteiger partial charge in [-0.15, -0.1) is 0 Å². The van der Waals surface area contributed by atoms with E-state index in [0.29, 0.717) is 12.2 Å². The van der Waals surface area contributed by atoms with Crippen LogP contribution in [-0.4, -0.2) is 68.0 Å². The van der Waals surface area contributed by atoms with E-state index in [0.717, 1.165) is 32.8 Å². The molecule has 8 nitrogen and oxygen atoms in total. The van der Waals surface area contributed by atoms with E-state index in [1.54, 1.807) is 19.1 Å². The molecule has 0 unspecified atom stereocenters. The van der Waals surface area contributed by atoms with Gasteiger partial charge in [0.05, 0.1) is 18.9 Å². The van der Waals surface area contributed by atoms with Crippen molar-refractivity contribution < 1.29 is 14.3 Å². The maximum absolute atomic E-state index is 12.4. The minimum Gasteiger partial charge on any atom is -0.379 e. The molecule has 1 aromatic carbocycles. The van der Waals surface area contributed by atoms with E-state index in [2.05, 4.69) is 20.6 Å². The number of aliphatic imine (C=N–C) groups is 1. The summed E-state index contributed by atoms with van der Waals surface area (Å²) in [7, 11) is 0. The quantitative estimate of drug-likeness (QED) is 0.770. The lowest BCUT2D eigenvalue weighted by atomic mass is 10.2. The summed E-state index contributed by atoms with van der Waals surface area (Å²) in [5.74, 6) is -0.359. The van der Waals surface area contributed by atoms with Gasteiger partial charge in [0, 0.05) is 26.2 Å². The average molecular weight is 345 g/mol. The molecule has 2 aliphatic heterocycles. The van der Waals surface area contributed by atoms with Crippen LogP contribution in [0.1, 0.15) is 6.92 Å². The van der Waals surface area contributed by atoms with E-state index in [1.165, 1.54) is 5.01 Å². The van der Waals surface area contributed by atoms with Crippen molar-refractivity contribution in [1.82, 2.24) is 15.6 Å². The van der Waals surface area contributed by atoms with E-state index in [-0.39, 0.29) is 17.6 Å². The lowest BCUT2D eigenvalue weighted by molar-refractivity contribution is -0.120. The molecule has 1 fully saturated rings. The fourth-order valence-corrected chi connectivity index (χ4v) is 2.74. The molecule has 2 heterocycles. The van der Waals surface area contributed by atoms with Crippen molar-refractivity contribution in [2.24, 2.45) is 4.99 Å². The van der Waals surface area contributed by atoms with Gasteiger partial charge in [0.25, 0.3) is 11.8 Å². The highest BCUT2D eigenvalue weighted by Crippen LogP contribution is 2.15. The summed E-state index contributed by atoms with van der Waals surface area (Å²) in [6.45, 7) is 6.18. The van der Waals surface area contributed by atoms with Crippen LogP contribution in [0.25, 0.3) is 0 Å². The number of anilines is 1. The second kappa shape index (κ2) is 8.09. The largest absolute Gasteiger partial charge is 0.379 e. The van der Waals surface area contributed by atoms with Crippen molar-refractivity contribution >= 4 is 23.3 Å². The highest BCUT2D eigenvalue weighted by Gasteiger charge is 2.30. The molecule has 0 saturated carbocycles. The van der Waals surface area contributed by atoms with Crippen molar-refractivity contribution in [3.8, 4) is 0 Å². The second-order valence-electron chi connectivity index (χ2n) is 5.98. The maximum Gasteiger partial charge on any atom is 0.288 e. The normalized spacial score (nSPS) is 21.5. The van der Waals surface area contributed by atoms with Crippen molar-refractivity contribution in [2.75, 3.05) is 44.4 Å². The van der Waals surface area contributed by atoms with Crippen LogP contribution in [0.2, 0.25) is 0 Å². The number of rotatable bonds is 5. The number of hydrogen-bond donors (Lipinski definition) is 2. The first-order valence-corrected chi connectivity index (χ1v) is 8.47. The second-order valence-corrected chi connectivity index (χ2v) is 5.98. The zero-order chi connectivity index (χ0) is 17.6. The van der Waals surface area contributed by atoms with Crippen LogP contribution >= 0.6 is 0 Å². The number of ether oxygens (including phenoxy) is 1.